The van der Waals surface area contributed by atoms with Crippen molar-refractivity contribution in [2.75, 3.05) is 4.90 Å². The van der Waals surface area contributed by atoms with Gasteiger partial charge in [0.05, 0.1) is 0 Å². The minimum absolute atomic E-state index is 0.913. The van der Waals surface area contributed by atoms with Gasteiger partial charge in [-0.1, -0.05) is 158 Å². The topological polar surface area (TPSA) is 16.4 Å². The molecule has 0 unspecified atom stereocenters. The van der Waals surface area contributed by atoms with Gasteiger partial charge >= 0.3 is 0 Å². The molecule has 0 saturated heterocycles. The second kappa shape index (κ2) is 13.9. The zero-order chi connectivity index (χ0) is 39.6. The van der Waals surface area contributed by atoms with E-state index >= 15 is 0 Å². The molecule has 0 saturated carbocycles. The summed E-state index contributed by atoms with van der Waals surface area (Å²) in [5.41, 5.74) is 12.1. The van der Waals surface area contributed by atoms with Gasteiger partial charge in [0.1, 0.15) is 11.2 Å². The minimum atomic E-state index is 0.913. The molecule has 0 radical (unpaired) electrons. The molecule has 0 aliphatic rings. The van der Waals surface area contributed by atoms with Crippen molar-refractivity contribution >= 4 is 82.1 Å². The monoisotopic (exact) mass is 763 g/mol. The molecular weight excluding hydrogens is 727 g/mol. The van der Waals surface area contributed by atoms with E-state index in [9.17, 15) is 0 Å². The molecule has 1 aromatic heterocycles. The first-order valence-electron chi connectivity index (χ1n) is 20.6. The Bertz CT molecular complexity index is 3540. The summed E-state index contributed by atoms with van der Waals surface area (Å²) < 4.78 is 6.41. The van der Waals surface area contributed by atoms with Crippen LogP contribution < -0.4 is 4.90 Å². The number of para-hydroxylation sites is 1. The van der Waals surface area contributed by atoms with E-state index in [1.807, 2.05) is 6.07 Å². The number of furan rings is 1. The average Bonchev–Trinajstić information content (AvgIpc) is 3.71. The molecule has 0 atom stereocenters. The van der Waals surface area contributed by atoms with Crippen molar-refractivity contribution in [1.29, 1.82) is 0 Å². The van der Waals surface area contributed by atoms with Crippen molar-refractivity contribution in [3.63, 3.8) is 0 Å². The van der Waals surface area contributed by atoms with Gasteiger partial charge in [-0.3, -0.25) is 0 Å². The van der Waals surface area contributed by atoms with Gasteiger partial charge in [0.2, 0.25) is 0 Å². The molecule has 1 heterocycles. The van der Waals surface area contributed by atoms with Crippen LogP contribution in [-0.4, -0.2) is 0 Å². The first-order valence-corrected chi connectivity index (χ1v) is 20.6. The lowest BCUT2D eigenvalue weighted by atomic mass is 9.90. The Morgan fingerprint density at radius 1 is 0.250 bits per heavy atom. The lowest BCUT2D eigenvalue weighted by Gasteiger charge is -2.28. The van der Waals surface area contributed by atoms with E-state index in [2.05, 4.69) is 223 Å². The van der Waals surface area contributed by atoms with Crippen molar-refractivity contribution < 1.29 is 4.42 Å². The van der Waals surface area contributed by atoms with Gasteiger partial charge in [0.25, 0.3) is 0 Å². The molecular formula is C58H37NO. The smallest absolute Gasteiger partial charge is 0.136 e. The largest absolute Gasteiger partial charge is 0.456 e. The molecule has 280 valence electrons. The fourth-order valence-electron chi connectivity index (χ4n) is 9.36. The van der Waals surface area contributed by atoms with Crippen molar-refractivity contribution in [3.8, 4) is 33.4 Å². The van der Waals surface area contributed by atoms with Gasteiger partial charge in [0.15, 0.2) is 0 Å². The lowest BCUT2D eigenvalue weighted by Crippen LogP contribution is -2.10. The van der Waals surface area contributed by atoms with Crippen molar-refractivity contribution in [2.24, 2.45) is 0 Å². The van der Waals surface area contributed by atoms with Gasteiger partial charge in [-0.05, 0) is 138 Å². The molecule has 0 aliphatic carbocycles. The SMILES string of the molecule is c1ccc(-c2cc(-c3ccccc3)cc(N(c3cccc(-c4ccc5c6ccccc6c6c(ccc7oc8ccccc8c76)c5c4)c3)c3ccc4ccccc4c3)c2)cc1. The summed E-state index contributed by atoms with van der Waals surface area (Å²) in [5, 5.41) is 12.2. The summed E-state index contributed by atoms with van der Waals surface area (Å²) in [4.78, 5) is 2.42. The number of nitrogens with zero attached hydrogens (tertiary/aromatic N) is 1. The highest BCUT2D eigenvalue weighted by Crippen LogP contribution is 2.45. The molecule has 2 nitrogen and oxygen atoms in total. The predicted molar refractivity (Wildman–Crippen MR) is 255 cm³/mol. The van der Waals surface area contributed by atoms with Crippen LogP contribution in [0.25, 0.3) is 98.4 Å². The number of hydrogen-bond donors (Lipinski definition) is 0. The second-order valence-corrected chi connectivity index (χ2v) is 15.7. The lowest BCUT2D eigenvalue weighted by molar-refractivity contribution is 0.669. The molecule has 0 N–H and O–H groups in total. The first kappa shape index (κ1) is 34.1. The highest BCUT2D eigenvalue weighted by molar-refractivity contribution is 6.34. The zero-order valence-corrected chi connectivity index (χ0v) is 32.7. The molecule has 0 bridgehead atoms. The average molecular weight is 764 g/mol. The third-order valence-corrected chi connectivity index (χ3v) is 12.2. The number of anilines is 3. The number of fused-ring (bicyclic) bond motifs is 11. The number of rotatable bonds is 6. The maximum Gasteiger partial charge on any atom is 0.136 e. The Hall–Kier alpha value is -7.94. The van der Waals surface area contributed by atoms with Crippen LogP contribution in [0.5, 0.6) is 0 Å². The summed E-state index contributed by atoms with van der Waals surface area (Å²) in [6, 6.07) is 81.4. The van der Waals surface area contributed by atoms with Gasteiger partial charge in [-0.15, -0.1) is 0 Å². The second-order valence-electron chi connectivity index (χ2n) is 15.7. The van der Waals surface area contributed by atoms with Gasteiger partial charge in [-0.2, -0.15) is 0 Å². The zero-order valence-electron chi connectivity index (χ0n) is 32.7. The van der Waals surface area contributed by atoms with E-state index in [0.717, 1.165) is 39.2 Å². The quantitative estimate of drug-likeness (QED) is 0.157. The van der Waals surface area contributed by atoms with Gasteiger partial charge in [-0.25, -0.2) is 0 Å². The van der Waals surface area contributed by atoms with Crippen LogP contribution in [0, 0.1) is 0 Å². The maximum atomic E-state index is 6.41. The summed E-state index contributed by atoms with van der Waals surface area (Å²) in [5.74, 6) is 0. The Labute approximate surface area is 347 Å². The first-order chi connectivity index (χ1) is 29.7. The highest BCUT2D eigenvalue weighted by atomic mass is 16.3. The van der Waals surface area contributed by atoms with Crippen molar-refractivity contribution in [1.82, 2.24) is 0 Å². The maximum absolute atomic E-state index is 6.41. The summed E-state index contributed by atoms with van der Waals surface area (Å²) in [7, 11) is 0. The van der Waals surface area contributed by atoms with Crippen LogP contribution in [0.4, 0.5) is 17.1 Å². The normalized spacial score (nSPS) is 11.7. The molecule has 0 spiro atoms. The van der Waals surface area contributed by atoms with Crippen molar-refractivity contribution in [3.05, 3.63) is 224 Å². The van der Waals surface area contributed by atoms with Crippen LogP contribution in [-0.2, 0) is 0 Å². The minimum Gasteiger partial charge on any atom is -0.456 e. The van der Waals surface area contributed by atoms with Crippen LogP contribution in [0.1, 0.15) is 0 Å². The fourth-order valence-corrected chi connectivity index (χ4v) is 9.36. The summed E-state index contributed by atoms with van der Waals surface area (Å²) in [6.07, 6.45) is 0. The molecule has 0 aliphatic heterocycles. The van der Waals surface area contributed by atoms with Crippen LogP contribution in [0.3, 0.4) is 0 Å². The van der Waals surface area contributed by atoms with E-state index in [-0.39, 0.29) is 0 Å². The molecule has 2 heteroatoms. The van der Waals surface area contributed by atoms with E-state index in [1.165, 1.54) is 76.3 Å². The van der Waals surface area contributed by atoms with Crippen LogP contribution in [0.15, 0.2) is 229 Å². The summed E-state index contributed by atoms with van der Waals surface area (Å²) >= 11 is 0. The van der Waals surface area contributed by atoms with E-state index < -0.39 is 0 Å². The molecule has 12 aromatic rings. The standard InChI is InChI=1S/C58H37NO/c1-3-14-38(15-4-1)44-32-45(39-16-5-2-6-17-39)36-48(35-44)59(47-28-26-40-18-7-8-19-41(40)33-47)46-21-13-20-42(34-46)43-27-29-50-49-22-9-10-23-51(49)57-52(54(50)37-43)30-31-56-58(57)53-24-11-12-25-55(53)60-56/h1-37H. The third-order valence-electron chi connectivity index (χ3n) is 12.2. The Kier molecular flexibility index (Phi) is 7.89. The highest BCUT2D eigenvalue weighted by Gasteiger charge is 2.19. The van der Waals surface area contributed by atoms with Crippen LogP contribution >= 0.6 is 0 Å². The van der Waals surface area contributed by atoms with Gasteiger partial charge < -0.3 is 9.32 Å². The Balaban J connectivity index is 1.08. The Morgan fingerprint density at radius 3 is 1.60 bits per heavy atom. The number of benzene rings is 11. The molecule has 11 aromatic carbocycles. The van der Waals surface area contributed by atoms with Crippen molar-refractivity contribution in [2.45, 2.75) is 0 Å². The van der Waals surface area contributed by atoms with E-state index in [4.69, 9.17) is 4.42 Å². The molecule has 0 fully saturated rings. The van der Waals surface area contributed by atoms with Gasteiger partial charge in [0, 0.05) is 33.2 Å². The fraction of sp³-hybridized carbons (Fsp3) is 0. The summed E-state index contributed by atoms with van der Waals surface area (Å²) in [6.45, 7) is 0. The molecule has 12 rings (SSSR count). The number of hydrogen-bond acceptors (Lipinski definition) is 2. The predicted octanol–water partition coefficient (Wildman–Crippen LogP) is 16.7. The molecule has 60 heavy (non-hydrogen) atoms. The Morgan fingerprint density at radius 2 is 0.817 bits per heavy atom. The van der Waals surface area contributed by atoms with E-state index in [0.29, 0.717) is 0 Å². The van der Waals surface area contributed by atoms with Crippen LogP contribution in [0.2, 0.25) is 0 Å². The third kappa shape index (κ3) is 5.65. The molecule has 0 amide bonds. The van der Waals surface area contributed by atoms with E-state index in [1.54, 1.807) is 0 Å².